The van der Waals surface area contributed by atoms with E-state index in [-0.39, 0.29) is 36.0 Å². The van der Waals surface area contributed by atoms with Crippen molar-refractivity contribution in [2.45, 2.75) is 78.5 Å². The van der Waals surface area contributed by atoms with E-state index in [0.717, 1.165) is 5.69 Å². The number of H-pyrrole nitrogens is 1. The second-order valence-corrected chi connectivity index (χ2v) is 9.06. The van der Waals surface area contributed by atoms with Crippen LogP contribution in [0.4, 0.5) is 0 Å². The number of aromatic amines is 1. The third-order valence-corrected chi connectivity index (χ3v) is 5.05. The normalized spacial score (nSPS) is 15.3. The number of nitrogens with zero attached hydrogens (tertiary/aromatic N) is 1. The summed E-state index contributed by atoms with van der Waals surface area (Å²) in [6.07, 6.45) is 3.51. The number of imidazole rings is 1. The number of carbonyl (C=O) groups excluding carboxylic acids is 3. The number of hydrogen-bond acceptors (Lipinski definition) is 5. The number of carbonyl (C=O) groups is 3. The van der Waals surface area contributed by atoms with Crippen LogP contribution in [0.15, 0.2) is 12.5 Å². The summed E-state index contributed by atoms with van der Waals surface area (Å²) in [4.78, 5) is 44.2. The molecule has 4 atom stereocenters. The van der Waals surface area contributed by atoms with Gasteiger partial charge in [-0.05, 0) is 24.7 Å². The van der Waals surface area contributed by atoms with Crippen molar-refractivity contribution in [3.8, 4) is 0 Å². The van der Waals surface area contributed by atoms with E-state index in [1.54, 1.807) is 12.5 Å². The monoisotopic (exact) mass is 437 g/mol. The average molecular weight is 438 g/mol. The van der Waals surface area contributed by atoms with Gasteiger partial charge in [-0.15, -0.1) is 0 Å². The maximum absolute atomic E-state index is 12.7. The van der Waals surface area contributed by atoms with Crippen molar-refractivity contribution < 1.29 is 19.5 Å². The van der Waals surface area contributed by atoms with Gasteiger partial charge in [0, 0.05) is 31.3 Å². The summed E-state index contributed by atoms with van der Waals surface area (Å²) < 4.78 is 0. The van der Waals surface area contributed by atoms with E-state index >= 15 is 0 Å². The van der Waals surface area contributed by atoms with Gasteiger partial charge in [0.05, 0.1) is 24.9 Å². The predicted octanol–water partition coefficient (Wildman–Crippen LogP) is 1.15. The van der Waals surface area contributed by atoms with Gasteiger partial charge in [-0.3, -0.25) is 14.4 Å². The first-order valence-electron chi connectivity index (χ1n) is 11.0. The van der Waals surface area contributed by atoms with Crippen LogP contribution in [0.3, 0.4) is 0 Å². The van der Waals surface area contributed by atoms with Crippen LogP contribution in [-0.2, 0) is 20.8 Å². The summed E-state index contributed by atoms with van der Waals surface area (Å²) in [6.45, 7) is 9.72. The first-order valence-corrected chi connectivity index (χ1v) is 11.0. The van der Waals surface area contributed by atoms with Crippen molar-refractivity contribution in [2.24, 2.45) is 17.8 Å². The third-order valence-electron chi connectivity index (χ3n) is 5.05. The van der Waals surface area contributed by atoms with Gasteiger partial charge in [-0.25, -0.2) is 4.98 Å². The zero-order valence-electron chi connectivity index (χ0n) is 19.6. The highest BCUT2D eigenvalue weighted by molar-refractivity contribution is 5.87. The van der Waals surface area contributed by atoms with Crippen LogP contribution < -0.4 is 16.0 Å². The lowest BCUT2D eigenvalue weighted by atomic mass is 9.95. The van der Waals surface area contributed by atoms with E-state index in [4.69, 9.17) is 0 Å². The Bertz CT molecular complexity index is 690. The van der Waals surface area contributed by atoms with Crippen molar-refractivity contribution in [2.75, 3.05) is 7.05 Å². The number of aliphatic hydroxyl groups is 1. The molecule has 0 fully saturated rings. The van der Waals surface area contributed by atoms with Gasteiger partial charge in [-0.2, -0.15) is 0 Å². The lowest BCUT2D eigenvalue weighted by molar-refractivity contribution is -0.131. The third kappa shape index (κ3) is 9.95. The van der Waals surface area contributed by atoms with E-state index in [2.05, 4.69) is 25.9 Å². The molecule has 1 unspecified atom stereocenters. The maximum Gasteiger partial charge on any atom is 0.242 e. The summed E-state index contributed by atoms with van der Waals surface area (Å²) >= 11 is 0. The first-order chi connectivity index (χ1) is 14.5. The molecule has 0 radical (unpaired) electrons. The number of rotatable bonds is 13. The number of amides is 3. The lowest BCUT2D eigenvalue weighted by Crippen LogP contribution is -2.50. The van der Waals surface area contributed by atoms with Crippen LogP contribution in [0, 0.1) is 17.8 Å². The minimum atomic E-state index is -1.06. The number of aromatic nitrogens is 2. The van der Waals surface area contributed by atoms with Gasteiger partial charge in [0.2, 0.25) is 17.7 Å². The van der Waals surface area contributed by atoms with Gasteiger partial charge >= 0.3 is 0 Å². The SMILES string of the molecule is CNC(=O)[C@H](CC(C)C)NC(=O)C[C@H](O)C(CC(C)C)NC(=O)[C@@H](C)Cc1cnc[nH]1. The Morgan fingerprint density at radius 2 is 1.68 bits per heavy atom. The molecule has 0 bridgehead atoms. The Morgan fingerprint density at radius 3 is 2.19 bits per heavy atom. The van der Waals surface area contributed by atoms with Gasteiger partial charge < -0.3 is 26.0 Å². The summed E-state index contributed by atoms with van der Waals surface area (Å²) in [7, 11) is 1.52. The number of hydrogen-bond donors (Lipinski definition) is 5. The Morgan fingerprint density at radius 1 is 1.03 bits per heavy atom. The molecule has 1 aromatic rings. The quantitative estimate of drug-likeness (QED) is 0.315. The van der Waals surface area contributed by atoms with Gasteiger partial charge in [0.15, 0.2) is 0 Å². The average Bonchev–Trinajstić information content (AvgIpc) is 3.18. The zero-order valence-corrected chi connectivity index (χ0v) is 19.6. The molecule has 3 amide bonds. The second-order valence-electron chi connectivity index (χ2n) is 9.06. The van der Waals surface area contributed by atoms with Crippen molar-refractivity contribution in [1.29, 1.82) is 0 Å². The highest BCUT2D eigenvalue weighted by atomic mass is 16.3. The molecule has 1 rings (SSSR count). The van der Waals surface area contributed by atoms with Crippen LogP contribution >= 0.6 is 0 Å². The Balaban J connectivity index is 2.73. The highest BCUT2D eigenvalue weighted by Gasteiger charge is 2.28. The molecule has 0 saturated carbocycles. The molecule has 1 aromatic heterocycles. The zero-order chi connectivity index (χ0) is 23.6. The molecule has 0 aliphatic heterocycles. The largest absolute Gasteiger partial charge is 0.390 e. The van der Waals surface area contributed by atoms with E-state index in [1.165, 1.54) is 7.05 Å². The molecular formula is C22H39N5O4. The van der Waals surface area contributed by atoms with E-state index in [9.17, 15) is 19.5 Å². The molecule has 0 spiro atoms. The Hall–Kier alpha value is -2.42. The molecule has 9 nitrogen and oxygen atoms in total. The lowest BCUT2D eigenvalue weighted by Gasteiger charge is -2.27. The molecule has 0 aliphatic rings. The molecule has 9 heteroatoms. The van der Waals surface area contributed by atoms with Gasteiger partial charge in [0.1, 0.15) is 6.04 Å². The van der Waals surface area contributed by atoms with Crippen molar-refractivity contribution in [3.63, 3.8) is 0 Å². The number of likely N-dealkylation sites (N-methyl/N-ethyl adjacent to an activating group) is 1. The topological polar surface area (TPSA) is 136 Å². The minimum absolute atomic E-state index is 0.192. The van der Waals surface area contributed by atoms with Crippen molar-refractivity contribution in [3.05, 3.63) is 18.2 Å². The van der Waals surface area contributed by atoms with Crippen molar-refractivity contribution in [1.82, 2.24) is 25.9 Å². The minimum Gasteiger partial charge on any atom is -0.390 e. The Labute approximate surface area is 185 Å². The fraction of sp³-hybridized carbons (Fsp3) is 0.727. The van der Waals surface area contributed by atoms with Crippen LogP contribution in [-0.4, -0.2) is 58.0 Å². The predicted molar refractivity (Wildman–Crippen MR) is 119 cm³/mol. The summed E-state index contributed by atoms with van der Waals surface area (Å²) in [6, 6.07) is -1.22. The van der Waals surface area contributed by atoms with E-state index in [1.807, 2.05) is 34.6 Å². The van der Waals surface area contributed by atoms with Crippen LogP contribution in [0.2, 0.25) is 0 Å². The van der Waals surface area contributed by atoms with Gasteiger partial charge in [-0.1, -0.05) is 34.6 Å². The fourth-order valence-corrected chi connectivity index (χ4v) is 3.43. The second kappa shape index (κ2) is 13.1. The molecule has 0 aromatic carbocycles. The van der Waals surface area contributed by atoms with Gasteiger partial charge in [0.25, 0.3) is 0 Å². The van der Waals surface area contributed by atoms with E-state index in [0.29, 0.717) is 19.3 Å². The molecule has 176 valence electrons. The summed E-state index contributed by atoms with van der Waals surface area (Å²) in [5.41, 5.74) is 0.855. The number of aliphatic hydroxyl groups excluding tert-OH is 1. The maximum atomic E-state index is 12.7. The first kappa shape index (κ1) is 26.6. The highest BCUT2D eigenvalue weighted by Crippen LogP contribution is 2.14. The van der Waals surface area contributed by atoms with Crippen LogP contribution in [0.1, 0.15) is 59.6 Å². The standard InChI is InChI=1S/C22H39N5O4/c1-13(2)7-17(27-21(30)15(5)9-16-11-24-12-25-16)19(28)10-20(29)26-18(8-14(3)4)22(31)23-6/h11-15,17-19,28H,7-10H2,1-6H3,(H,23,31)(H,24,25)(H,26,29)(H,27,30)/t15-,17?,18-,19-/m0/s1. The van der Waals surface area contributed by atoms with Crippen LogP contribution in [0.25, 0.3) is 0 Å². The van der Waals surface area contributed by atoms with E-state index < -0.39 is 24.1 Å². The Kier molecular flexibility index (Phi) is 11.2. The summed E-state index contributed by atoms with van der Waals surface area (Å²) in [5.74, 6) is -0.767. The smallest absolute Gasteiger partial charge is 0.242 e. The molecule has 31 heavy (non-hydrogen) atoms. The summed E-state index contributed by atoms with van der Waals surface area (Å²) in [5, 5.41) is 18.9. The number of nitrogens with one attached hydrogen (secondary N) is 4. The molecular weight excluding hydrogens is 398 g/mol. The molecule has 5 N–H and O–H groups in total. The van der Waals surface area contributed by atoms with Crippen molar-refractivity contribution >= 4 is 17.7 Å². The molecule has 0 saturated heterocycles. The van der Waals surface area contributed by atoms with Crippen LogP contribution in [0.5, 0.6) is 0 Å². The fourth-order valence-electron chi connectivity index (χ4n) is 3.43. The molecule has 1 heterocycles. The molecule has 0 aliphatic carbocycles.